The summed E-state index contributed by atoms with van der Waals surface area (Å²) in [5.41, 5.74) is 3.17. The van der Waals surface area contributed by atoms with Gasteiger partial charge in [0.2, 0.25) is 5.78 Å². The normalized spacial score (nSPS) is 11.6. The van der Waals surface area contributed by atoms with Crippen LogP contribution in [-0.2, 0) is 0 Å². The number of nitrogens with zero attached hydrogens (tertiary/aromatic N) is 2. The van der Waals surface area contributed by atoms with Crippen LogP contribution in [0.4, 0.5) is 0 Å². The summed E-state index contributed by atoms with van der Waals surface area (Å²) in [4.78, 5) is 14.8. The third-order valence-electron chi connectivity index (χ3n) is 3.33. The average molecular weight is 275 g/mol. The van der Waals surface area contributed by atoms with Gasteiger partial charge in [0.1, 0.15) is 6.61 Å². The predicted molar refractivity (Wildman–Crippen MR) is 77.9 cm³/mol. The first-order valence-electron chi connectivity index (χ1n) is 6.86. The Morgan fingerprint density at radius 1 is 1.40 bits per heavy atom. The smallest absolute Gasteiger partial charge is 0.204 e. The van der Waals surface area contributed by atoms with Crippen molar-refractivity contribution in [3.63, 3.8) is 0 Å². The zero-order valence-corrected chi connectivity index (χ0v) is 12.3. The first-order valence-corrected chi connectivity index (χ1v) is 6.86. The van der Waals surface area contributed by atoms with E-state index in [0.717, 1.165) is 16.8 Å². The minimum absolute atomic E-state index is 0.172. The van der Waals surface area contributed by atoms with Gasteiger partial charge in [0.05, 0.1) is 11.4 Å². The summed E-state index contributed by atoms with van der Waals surface area (Å²) in [7, 11) is 0. The van der Waals surface area contributed by atoms with Crippen molar-refractivity contribution >= 4 is 5.78 Å². The minimum Gasteiger partial charge on any atom is -0.388 e. The molecule has 108 valence electrons. The van der Waals surface area contributed by atoms with Gasteiger partial charge in [-0.15, -0.1) is 0 Å². The molecule has 0 saturated heterocycles. The van der Waals surface area contributed by atoms with Gasteiger partial charge in [-0.3, -0.25) is 9.48 Å². The van der Waals surface area contributed by atoms with Crippen LogP contribution in [0, 0.1) is 0 Å². The Balaban J connectivity index is 2.50. The van der Waals surface area contributed by atoms with E-state index < -0.39 is 6.61 Å². The lowest BCUT2D eigenvalue weighted by atomic mass is 9.96. The lowest BCUT2D eigenvalue weighted by Crippen LogP contribution is -2.09. The number of Topliss-reactive ketones (excluding diaryl/α,β-unsaturated/α-hetero) is 1. The van der Waals surface area contributed by atoms with Crippen molar-refractivity contribution < 1.29 is 9.90 Å². The molecule has 2 aromatic rings. The molecule has 0 radical (unpaired) electrons. The summed E-state index contributed by atoms with van der Waals surface area (Å²) in [6.07, 6.45) is 3.73. The highest BCUT2D eigenvalue weighted by Crippen LogP contribution is 2.31. The molecular formula is C15H21N3O2. The standard InChI is InChI=1S/C15H21N3O2/c1-9(2)14-11(7-16-15(14)13(20)8-19)12-5-6-18(17-12)10(3)4/h5-7,9-10,16,19H,8H2,1-4H3. The molecule has 0 unspecified atom stereocenters. The largest absolute Gasteiger partial charge is 0.388 e. The Morgan fingerprint density at radius 3 is 2.60 bits per heavy atom. The van der Waals surface area contributed by atoms with Crippen molar-refractivity contribution in [1.29, 1.82) is 0 Å². The topological polar surface area (TPSA) is 70.9 Å². The molecule has 2 aromatic heterocycles. The van der Waals surface area contributed by atoms with Gasteiger partial charge < -0.3 is 10.1 Å². The van der Waals surface area contributed by atoms with Crippen LogP contribution in [0.3, 0.4) is 0 Å². The Hall–Kier alpha value is -1.88. The van der Waals surface area contributed by atoms with Crippen LogP contribution >= 0.6 is 0 Å². The number of carbonyl (C=O) groups excluding carboxylic acids is 1. The molecule has 0 aliphatic heterocycles. The monoisotopic (exact) mass is 275 g/mol. The highest BCUT2D eigenvalue weighted by Gasteiger charge is 2.21. The molecule has 5 nitrogen and oxygen atoms in total. The highest BCUT2D eigenvalue weighted by molar-refractivity contribution is 5.98. The lowest BCUT2D eigenvalue weighted by molar-refractivity contribution is 0.0898. The molecule has 2 rings (SSSR count). The van der Waals surface area contributed by atoms with Crippen LogP contribution in [0.1, 0.15) is 55.7 Å². The van der Waals surface area contributed by atoms with Crippen LogP contribution in [0.15, 0.2) is 18.5 Å². The number of aliphatic hydroxyl groups is 1. The van der Waals surface area contributed by atoms with Crippen LogP contribution in [-0.4, -0.2) is 32.3 Å². The average Bonchev–Trinajstić information content (AvgIpc) is 3.03. The molecule has 0 aliphatic carbocycles. The summed E-state index contributed by atoms with van der Waals surface area (Å²) in [5, 5.41) is 13.6. The van der Waals surface area contributed by atoms with Crippen LogP contribution in [0.2, 0.25) is 0 Å². The van der Waals surface area contributed by atoms with E-state index in [1.165, 1.54) is 0 Å². The first kappa shape index (κ1) is 14.5. The van der Waals surface area contributed by atoms with Gasteiger partial charge in [-0.25, -0.2) is 0 Å². The van der Waals surface area contributed by atoms with Gasteiger partial charge in [-0.05, 0) is 31.4 Å². The fraction of sp³-hybridized carbons (Fsp3) is 0.467. The van der Waals surface area contributed by atoms with E-state index in [1.54, 1.807) is 6.20 Å². The summed E-state index contributed by atoms with van der Waals surface area (Å²) >= 11 is 0. The highest BCUT2D eigenvalue weighted by atomic mass is 16.3. The Morgan fingerprint density at radius 2 is 2.10 bits per heavy atom. The number of aromatic nitrogens is 3. The second-order valence-electron chi connectivity index (χ2n) is 5.50. The third-order valence-corrected chi connectivity index (χ3v) is 3.33. The number of aliphatic hydroxyl groups excluding tert-OH is 1. The van der Waals surface area contributed by atoms with Crippen LogP contribution in [0.25, 0.3) is 11.3 Å². The Labute approximate surface area is 118 Å². The van der Waals surface area contributed by atoms with Gasteiger partial charge in [0.15, 0.2) is 0 Å². The maximum atomic E-state index is 11.8. The van der Waals surface area contributed by atoms with E-state index in [9.17, 15) is 4.79 Å². The first-order chi connectivity index (χ1) is 9.45. The van der Waals surface area contributed by atoms with Crippen molar-refractivity contribution in [3.05, 3.63) is 29.7 Å². The molecule has 5 heteroatoms. The number of hydrogen-bond donors (Lipinski definition) is 2. The number of ketones is 1. The lowest BCUT2D eigenvalue weighted by Gasteiger charge is -2.09. The number of rotatable bonds is 5. The SMILES string of the molecule is CC(C)c1c(-c2ccn(C(C)C)n2)c[nH]c1C(=O)CO. The van der Waals surface area contributed by atoms with Crippen LogP contribution in [0.5, 0.6) is 0 Å². The summed E-state index contributed by atoms with van der Waals surface area (Å²) in [6, 6.07) is 2.24. The molecule has 20 heavy (non-hydrogen) atoms. The number of aromatic amines is 1. The molecule has 0 bridgehead atoms. The minimum atomic E-state index is -0.486. The van der Waals surface area contributed by atoms with E-state index >= 15 is 0 Å². The van der Waals surface area contributed by atoms with Crippen LogP contribution < -0.4 is 0 Å². The fourth-order valence-electron chi connectivity index (χ4n) is 2.33. The van der Waals surface area contributed by atoms with Gasteiger partial charge in [0.25, 0.3) is 0 Å². The molecule has 0 atom stereocenters. The fourth-order valence-corrected chi connectivity index (χ4v) is 2.33. The zero-order valence-electron chi connectivity index (χ0n) is 12.3. The Kier molecular flexibility index (Phi) is 4.09. The van der Waals surface area contributed by atoms with Gasteiger partial charge in [-0.2, -0.15) is 5.10 Å². The van der Waals surface area contributed by atoms with Crippen molar-refractivity contribution in [2.75, 3.05) is 6.61 Å². The van der Waals surface area contributed by atoms with E-state index in [2.05, 4.69) is 23.9 Å². The van der Waals surface area contributed by atoms with Crippen molar-refractivity contribution in [1.82, 2.24) is 14.8 Å². The molecule has 0 aliphatic rings. The quantitative estimate of drug-likeness (QED) is 0.824. The molecule has 0 saturated carbocycles. The molecule has 2 heterocycles. The number of nitrogens with one attached hydrogen (secondary N) is 1. The molecule has 2 N–H and O–H groups in total. The molecule has 0 spiro atoms. The van der Waals surface area contributed by atoms with Gasteiger partial charge in [0, 0.05) is 24.0 Å². The van der Waals surface area contributed by atoms with E-state index in [4.69, 9.17) is 5.11 Å². The second kappa shape index (κ2) is 5.63. The predicted octanol–water partition coefficient (Wildman–Crippen LogP) is 2.76. The second-order valence-corrected chi connectivity index (χ2v) is 5.50. The van der Waals surface area contributed by atoms with Gasteiger partial charge in [-0.1, -0.05) is 13.8 Å². The van der Waals surface area contributed by atoms with Crippen molar-refractivity contribution in [2.45, 2.75) is 39.7 Å². The Bertz CT molecular complexity index is 608. The molecular weight excluding hydrogens is 254 g/mol. The molecule has 0 amide bonds. The van der Waals surface area contributed by atoms with E-state index in [0.29, 0.717) is 11.7 Å². The van der Waals surface area contributed by atoms with E-state index in [-0.39, 0.29) is 11.7 Å². The summed E-state index contributed by atoms with van der Waals surface area (Å²) in [6.45, 7) is 7.70. The maximum Gasteiger partial charge on any atom is 0.204 e. The number of hydrogen-bond acceptors (Lipinski definition) is 3. The van der Waals surface area contributed by atoms with Crippen molar-refractivity contribution in [3.8, 4) is 11.3 Å². The van der Waals surface area contributed by atoms with E-state index in [1.807, 2.05) is 30.8 Å². The van der Waals surface area contributed by atoms with Crippen molar-refractivity contribution in [2.24, 2.45) is 0 Å². The van der Waals surface area contributed by atoms with Gasteiger partial charge >= 0.3 is 0 Å². The third kappa shape index (κ3) is 2.54. The molecule has 0 aromatic carbocycles. The number of H-pyrrole nitrogens is 1. The number of carbonyl (C=O) groups is 1. The summed E-state index contributed by atoms with van der Waals surface area (Å²) < 4.78 is 1.89. The summed E-state index contributed by atoms with van der Waals surface area (Å²) in [5.74, 6) is -0.116. The molecule has 0 fully saturated rings. The maximum absolute atomic E-state index is 11.8. The zero-order chi connectivity index (χ0) is 14.9.